The van der Waals surface area contributed by atoms with Crippen LogP contribution in [0.3, 0.4) is 0 Å². The van der Waals surface area contributed by atoms with Gasteiger partial charge in [0.25, 0.3) is 0 Å². The smallest absolute Gasteiger partial charge is 0.113 e. The lowest BCUT2D eigenvalue weighted by atomic mass is 9.93. The molecule has 0 fully saturated rings. The maximum atomic E-state index is 7.66. The van der Waals surface area contributed by atoms with Crippen LogP contribution in [0.15, 0.2) is 24.3 Å². The predicted molar refractivity (Wildman–Crippen MR) is 65.4 cm³/mol. The van der Waals surface area contributed by atoms with Crippen LogP contribution in [-0.4, -0.2) is 24.5 Å². The van der Waals surface area contributed by atoms with Gasteiger partial charge < -0.3 is 16.4 Å². The average molecular weight is 207 g/mol. The Kier molecular flexibility index (Phi) is 8.92. The van der Waals surface area contributed by atoms with E-state index in [1.165, 1.54) is 0 Å². The lowest BCUT2D eigenvalue weighted by Gasteiger charge is -2.03. The Morgan fingerprint density at radius 3 is 2.53 bits per heavy atom. The molecule has 0 bridgehead atoms. The van der Waals surface area contributed by atoms with Crippen LogP contribution in [0.25, 0.3) is 0 Å². The summed E-state index contributed by atoms with van der Waals surface area (Å²) in [7, 11) is 5.64. The number of hydrogen-bond acceptors (Lipinski definition) is 1. The van der Waals surface area contributed by atoms with E-state index in [1.54, 1.807) is 0 Å². The van der Waals surface area contributed by atoms with Crippen molar-refractivity contribution in [1.82, 2.24) is 0 Å². The van der Waals surface area contributed by atoms with Crippen molar-refractivity contribution in [2.45, 2.75) is 26.2 Å². The molecule has 5 N–H and O–H groups in total. The molecule has 0 saturated carbocycles. The maximum absolute atomic E-state index is 7.66. The molecule has 0 aromatic heterocycles. The molecule has 2 radical (unpaired) electrons. The summed E-state index contributed by atoms with van der Waals surface area (Å²) in [5.74, 6) is 0. The maximum Gasteiger partial charge on any atom is 0.113 e. The molecule has 0 unspecified atom stereocenters. The van der Waals surface area contributed by atoms with Crippen LogP contribution < -0.4 is 5.46 Å². The summed E-state index contributed by atoms with van der Waals surface area (Å²) in [6, 6.07) is 7.75. The van der Waals surface area contributed by atoms with E-state index in [-0.39, 0.29) is 11.0 Å². The highest BCUT2D eigenvalue weighted by atomic mass is 16.0. The van der Waals surface area contributed by atoms with Gasteiger partial charge in [-0.25, -0.2) is 0 Å². The van der Waals surface area contributed by atoms with Crippen molar-refractivity contribution in [3.8, 4) is 0 Å². The van der Waals surface area contributed by atoms with E-state index in [0.717, 1.165) is 36.0 Å². The van der Waals surface area contributed by atoms with Crippen LogP contribution in [0.5, 0.6) is 0 Å². The van der Waals surface area contributed by atoms with Gasteiger partial charge in [-0.15, -0.1) is 0 Å². The number of nitrogens with one attached hydrogen (secondary N) is 1. The molecule has 4 heteroatoms. The summed E-state index contributed by atoms with van der Waals surface area (Å²) < 4.78 is 0. The molecule has 1 aromatic carbocycles. The molecule has 15 heavy (non-hydrogen) atoms. The Morgan fingerprint density at radius 2 is 2.00 bits per heavy atom. The van der Waals surface area contributed by atoms with Crippen LogP contribution in [0.2, 0.25) is 0 Å². The van der Waals surface area contributed by atoms with Crippen LogP contribution in [0, 0.1) is 5.41 Å². The highest BCUT2D eigenvalue weighted by molar-refractivity contribution is 6.32. The van der Waals surface area contributed by atoms with Gasteiger partial charge in [-0.05, 0) is 12.0 Å². The van der Waals surface area contributed by atoms with Gasteiger partial charge in [0.1, 0.15) is 7.85 Å². The van der Waals surface area contributed by atoms with E-state index in [9.17, 15) is 0 Å². The van der Waals surface area contributed by atoms with Crippen molar-refractivity contribution in [3.63, 3.8) is 0 Å². The van der Waals surface area contributed by atoms with Crippen molar-refractivity contribution in [3.05, 3.63) is 29.8 Å². The van der Waals surface area contributed by atoms with E-state index in [0.29, 0.717) is 0 Å². The zero-order valence-corrected chi connectivity index (χ0v) is 9.01. The van der Waals surface area contributed by atoms with Gasteiger partial charge in [0.05, 0.1) is 0 Å². The Labute approximate surface area is 92.1 Å². The second kappa shape index (κ2) is 8.21. The van der Waals surface area contributed by atoms with E-state index in [4.69, 9.17) is 13.3 Å². The third-order valence-corrected chi connectivity index (χ3v) is 1.92. The van der Waals surface area contributed by atoms with Crippen LogP contribution in [0.1, 0.15) is 25.3 Å². The highest BCUT2D eigenvalue weighted by Crippen LogP contribution is 2.01. The molecule has 0 heterocycles. The SMILES string of the molecule is O.O.[B]c1cccc(CC(=N)CCC)c1. The topological polar surface area (TPSA) is 86.8 Å². The van der Waals surface area contributed by atoms with Crippen molar-refractivity contribution >= 4 is 19.0 Å². The standard InChI is InChI=1S/C11H14BN.2H2O/c1-2-4-11(13)8-9-5-3-6-10(12)7-9;;/h3,5-7,13H,2,4,8H2,1H3;2*1H2. The van der Waals surface area contributed by atoms with Gasteiger partial charge in [-0.3, -0.25) is 0 Å². The zero-order chi connectivity index (χ0) is 9.68. The predicted octanol–water partition coefficient (Wildman–Crippen LogP) is 0.193. The first-order chi connectivity index (χ1) is 6.22. The Hall–Kier alpha value is -1.13. The molecule has 3 nitrogen and oxygen atoms in total. The third-order valence-electron chi connectivity index (χ3n) is 1.92. The molecule has 0 aliphatic heterocycles. The second-order valence-corrected chi connectivity index (χ2v) is 3.28. The van der Waals surface area contributed by atoms with E-state index >= 15 is 0 Å². The van der Waals surface area contributed by atoms with E-state index < -0.39 is 0 Å². The first-order valence-corrected chi connectivity index (χ1v) is 4.63. The number of benzene rings is 1. The normalized spacial score (nSPS) is 8.60. The summed E-state index contributed by atoms with van der Waals surface area (Å²) in [4.78, 5) is 0. The van der Waals surface area contributed by atoms with Crippen molar-refractivity contribution < 1.29 is 11.0 Å². The van der Waals surface area contributed by atoms with Crippen molar-refractivity contribution in [2.75, 3.05) is 0 Å². The summed E-state index contributed by atoms with van der Waals surface area (Å²) >= 11 is 0. The van der Waals surface area contributed by atoms with Gasteiger partial charge in [0, 0.05) is 12.1 Å². The Morgan fingerprint density at radius 1 is 1.33 bits per heavy atom. The number of rotatable bonds is 4. The monoisotopic (exact) mass is 207 g/mol. The van der Waals surface area contributed by atoms with E-state index in [2.05, 4.69) is 6.92 Å². The van der Waals surface area contributed by atoms with Crippen molar-refractivity contribution in [1.29, 1.82) is 5.41 Å². The lowest BCUT2D eigenvalue weighted by molar-refractivity contribution is 0.823. The molecule has 82 valence electrons. The fraction of sp³-hybridized carbons (Fsp3) is 0.364. The molecule has 0 aliphatic carbocycles. The molecule has 0 amide bonds. The molecule has 0 saturated heterocycles. The van der Waals surface area contributed by atoms with Crippen LogP contribution >= 0.6 is 0 Å². The highest BCUT2D eigenvalue weighted by Gasteiger charge is 1.97. The van der Waals surface area contributed by atoms with Crippen LogP contribution in [-0.2, 0) is 6.42 Å². The van der Waals surface area contributed by atoms with Gasteiger partial charge >= 0.3 is 0 Å². The minimum absolute atomic E-state index is 0. The minimum Gasteiger partial charge on any atom is -0.412 e. The minimum atomic E-state index is 0. The largest absolute Gasteiger partial charge is 0.412 e. The fourth-order valence-corrected chi connectivity index (χ4v) is 1.34. The lowest BCUT2D eigenvalue weighted by Crippen LogP contribution is -2.06. The average Bonchev–Trinajstić information content (AvgIpc) is 2.04. The van der Waals surface area contributed by atoms with Crippen molar-refractivity contribution in [2.24, 2.45) is 0 Å². The quantitative estimate of drug-likeness (QED) is 0.539. The first kappa shape index (κ1) is 16.3. The molecular formula is C11H18BNO2. The summed E-state index contributed by atoms with van der Waals surface area (Å²) in [6.07, 6.45) is 2.66. The van der Waals surface area contributed by atoms with Gasteiger partial charge in [0.15, 0.2) is 0 Å². The Balaban J connectivity index is 0. The van der Waals surface area contributed by atoms with E-state index in [1.807, 2.05) is 24.3 Å². The third kappa shape index (κ3) is 6.04. The Bertz CT molecular complexity index is 302. The van der Waals surface area contributed by atoms with Gasteiger partial charge in [-0.2, -0.15) is 0 Å². The van der Waals surface area contributed by atoms with Gasteiger partial charge in [-0.1, -0.05) is 43.1 Å². The van der Waals surface area contributed by atoms with Crippen LogP contribution in [0.4, 0.5) is 0 Å². The fourth-order valence-electron chi connectivity index (χ4n) is 1.34. The summed E-state index contributed by atoms with van der Waals surface area (Å²) in [5.41, 5.74) is 2.70. The molecular weight excluding hydrogens is 189 g/mol. The first-order valence-electron chi connectivity index (χ1n) is 4.63. The molecule has 1 aromatic rings. The molecule has 0 atom stereocenters. The second-order valence-electron chi connectivity index (χ2n) is 3.28. The molecule has 1 rings (SSSR count). The molecule has 0 aliphatic rings. The summed E-state index contributed by atoms with van der Waals surface area (Å²) in [6.45, 7) is 2.09. The molecule has 0 spiro atoms. The van der Waals surface area contributed by atoms with Gasteiger partial charge in [0.2, 0.25) is 0 Å². The zero-order valence-electron chi connectivity index (χ0n) is 9.01. The summed E-state index contributed by atoms with van der Waals surface area (Å²) in [5, 5.41) is 7.66. The number of hydrogen-bond donors (Lipinski definition) is 1.